The van der Waals surface area contributed by atoms with Gasteiger partial charge in [0, 0.05) is 6.04 Å². The minimum Gasteiger partial charge on any atom is -0.351 e. The van der Waals surface area contributed by atoms with Gasteiger partial charge >= 0.3 is 6.03 Å². The van der Waals surface area contributed by atoms with Crippen molar-refractivity contribution < 1.29 is 9.59 Å². The molecule has 0 saturated carbocycles. The predicted octanol–water partition coefficient (Wildman–Crippen LogP) is -0.0681. The van der Waals surface area contributed by atoms with Gasteiger partial charge in [0.2, 0.25) is 6.41 Å². The third-order valence-corrected chi connectivity index (χ3v) is 0.924. The summed E-state index contributed by atoms with van der Waals surface area (Å²) in [6.45, 7) is 3.42. The van der Waals surface area contributed by atoms with E-state index < -0.39 is 6.03 Å². The van der Waals surface area contributed by atoms with E-state index in [0.29, 0.717) is 6.41 Å². The van der Waals surface area contributed by atoms with Crippen molar-refractivity contribution in [3.05, 3.63) is 0 Å². The monoisotopic (exact) mass is 130 g/mol. The van der Waals surface area contributed by atoms with E-state index >= 15 is 0 Å². The van der Waals surface area contributed by atoms with Crippen LogP contribution < -0.4 is 5.73 Å². The van der Waals surface area contributed by atoms with Crippen LogP contribution in [-0.4, -0.2) is 23.4 Å². The third kappa shape index (κ3) is 2.12. The Kier molecular flexibility index (Phi) is 2.70. The first-order valence-corrected chi connectivity index (χ1v) is 2.62. The predicted molar refractivity (Wildman–Crippen MR) is 32.6 cm³/mol. The highest BCUT2D eigenvalue weighted by Gasteiger charge is 2.10. The second-order valence-corrected chi connectivity index (χ2v) is 1.94. The Bertz CT molecular complexity index is 122. The van der Waals surface area contributed by atoms with Crippen LogP contribution in [0.1, 0.15) is 13.8 Å². The van der Waals surface area contributed by atoms with Gasteiger partial charge < -0.3 is 5.73 Å². The lowest BCUT2D eigenvalue weighted by Gasteiger charge is -2.15. The highest BCUT2D eigenvalue weighted by molar-refractivity contribution is 5.83. The average Bonchev–Trinajstić information content (AvgIpc) is 1.64. The smallest absolute Gasteiger partial charge is 0.321 e. The molecule has 52 valence electrons. The van der Waals surface area contributed by atoms with Gasteiger partial charge in [-0.3, -0.25) is 9.69 Å². The molecule has 4 heteroatoms. The van der Waals surface area contributed by atoms with E-state index in [4.69, 9.17) is 5.73 Å². The van der Waals surface area contributed by atoms with Gasteiger partial charge in [-0.15, -0.1) is 0 Å². The molecule has 0 rings (SSSR count). The summed E-state index contributed by atoms with van der Waals surface area (Å²) >= 11 is 0. The third-order valence-electron chi connectivity index (χ3n) is 0.924. The van der Waals surface area contributed by atoms with E-state index in [1.165, 1.54) is 0 Å². The number of urea groups is 1. The molecule has 0 aromatic carbocycles. The zero-order valence-electron chi connectivity index (χ0n) is 5.50. The van der Waals surface area contributed by atoms with Crippen LogP contribution in [0, 0.1) is 0 Å². The number of primary amides is 1. The molecule has 0 bridgehead atoms. The number of imide groups is 1. The molecule has 0 aromatic heterocycles. The summed E-state index contributed by atoms with van der Waals surface area (Å²) in [4.78, 5) is 21.2. The lowest BCUT2D eigenvalue weighted by Crippen LogP contribution is -2.39. The van der Waals surface area contributed by atoms with Gasteiger partial charge in [-0.25, -0.2) is 4.79 Å². The van der Waals surface area contributed by atoms with E-state index in [9.17, 15) is 9.59 Å². The first-order chi connectivity index (χ1) is 4.09. The topological polar surface area (TPSA) is 63.4 Å². The molecular formula is C5H10N2O2. The van der Waals surface area contributed by atoms with Gasteiger partial charge in [-0.1, -0.05) is 0 Å². The van der Waals surface area contributed by atoms with E-state index in [1.807, 2.05) is 0 Å². The number of carbonyl (C=O) groups excluding carboxylic acids is 2. The summed E-state index contributed by atoms with van der Waals surface area (Å²) in [5.74, 6) is 0. The number of hydrogen-bond donors (Lipinski definition) is 1. The number of hydrogen-bond acceptors (Lipinski definition) is 2. The number of rotatable bonds is 2. The summed E-state index contributed by atoms with van der Waals surface area (Å²) in [6.07, 6.45) is 0.424. The van der Waals surface area contributed by atoms with Crippen molar-refractivity contribution in [2.24, 2.45) is 5.73 Å². The number of nitrogens with zero attached hydrogens (tertiary/aromatic N) is 1. The lowest BCUT2D eigenvalue weighted by atomic mass is 10.4. The van der Waals surface area contributed by atoms with Crippen molar-refractivity contribution in [1.82, 2.24) is 4.90 Å². The van der Waals surface area contributed by atoms with E-state index in [-0.39, 0.29) is 6.04 Å². The van der Waals surface area contributed by atoms with Crippen molar-refractivity contribution in [2.75, 3.05) is 0 Å². The molecule has 2 N–H and O–H groups in total. The normalized spacial score (nSPS) is 9.22. The second-order valence-electron chi connectivity index (χ2n) is 1.94. The molecule has 0 heterocycles. The standard InChI is InChI=1S/C5H10N2O2/c1-4(2)7(3-8)5(6)9/h3-4H,1-2H3,(H2,6,9). The number of nitrogens with two attached hydrogens (primary N) is 1. The fourth-order valence-electron chi connectivity index (χ4n) is 0.428. The minimum absolute atomic E-state index is 0.153. The molecule has 0 spiro atoms. The Morgan fingerprint density at radius 1 is 1.67 bits per heavy atom. The maximum absolute atomic E-state index is 10.3. The van der Waals surface area contributed by atoms with E-state index in [0.717, 1.165) is 4.90 Å². The largest absolute Gasteiger partial charge is 0.351 e. The molecule has 0 radical (unpaired) electrons. The Morgan fingerprint density at radius 3 is 2.11 bits per heavy atom. The van der Waals surface area contributed by atoms with Crippen LogP contribution in [0.5, 0.6) is 0 Å². The molecule has 0 fully saturated rings. The quantitative estimate of drug-likeness (QED) is 0.532. The van der Waals surface area contributed by atoms with Crippen LogP contribution in [0.3, 0.4) is 0 Å². The highest BCUT2D eigenvalue weighted by Crippen LogP contribution is 1.91. The van der Waals surface area contributed by atoms with Crippen molar-refractivity contribution in [1.29, 1.82) is 0 Å². The van der Waals surface area contributed by atoms with Gasteiger partial charge in [0.1, 0.15) is 0 Å². The molecular weight excluding hydrogens is 120 g/mol. The summed E-state index contributed by atoms with van der Waals surface area (Å²) < 4.78 is 0. The molecule has 0 aliphatic rings. The SMILES string of the molecule is CC(C)N(C=O)C(N)=O. The van der Waals surface area contributed by atoms with Gasteiger partial charge in [-0.05, 0) is 13.8 Å². The molecule has 0 unspecified atom stereocenters. The fraction of sp³-hybridized carbons (Fsp3) is 0.600. The summed E-state index contributed by atoms with van der Waals surface area (Å²) in [7, 11) is 0. The van der Waals surface area contributed by atoms with E-state index in [2.05, 4.69) is 0 Å². The van der Waals surface area contributed by atoms with Gasteiger partial charge in [0.25, 0.3) is 0 Å². The number of carbonyl (C=O) groups is 2. The van der Waals surface area contributed by atoms with Gasteiger partial charge in [0.15, 0.2) is 0 Å². The second kappa shape index (κ2) is 3.06. The van der Waals surface area contributed by atoms with Crippen LogP contribution in [0.15, 0.2) is 0 Å². The summed E-state index contributed by atoms with van der Waals surface area (Å²) in [5.41, 5.74) is 4.80. The van der Waals surface area contributed by atoms with Crippen LogP contribution in [0.2, 0.25) is 0 Å². The van der Waals surface area contributed by atoms with Gasteiger partial charge in [-0.2, -0.15) is 0 Å². The lowest BCUT2D eigenvalue weighted by molar-refractivity contribution is -0.116. The Morgan fingerprint density at radius 2 is 2.11 bits per heavy atom. The molecule has 0 saturated heterocycles. The Labute approximate surface area is 53.6 Å². The van der Waals surface area contributed by atoms with Crippen molar-refractivity contribution in [3.63, 3.8) is 0 Å². The van der Waals surface area contributed by atoms with Crippen LogP contribution in [0.4, 0.5) is 4.79 Å². The molecule has 0 aromatic rings. The number of amides is 3. The first kappa shape index (κ1) is 7.94. The maximum Gasteiger partial charge on any atom is 0.321 e. The zero-order valence-corrected chi connectivity index (χ0v) is 5.50. The van der Waals surface area contributed by atoms with Gasteiger partial charge in [0.05, 0.1) is 0 Å². The molecule has 0 atom stereocenters. The molecule has 3 amide bonds. The van der Waals surface area contributed by atoms with Crippen LogP contribution in [0.25, 0.3) is 0 Å². The molecule has 0 aliphatic heterocycles. The van der Waals surface area contributed by atoms with E-state index in [1.54, 1.807) is 13.8 Å². The average molecular weight is 130 g/mol. The molecule has 9 heavy (non-hydrogen) atoms. The van der Waals surface area contributed by atoms with Crippen LogP contribution in [-0.2, 0) is 4.79 Å². The van der Waals surface area contributed by atoms with Crippen molar-refractivity contribution >= 4 is 12.4 Å². The summed E-state index contributed by atoms with van der Waals surface area (Å²) in [5, 5.41) is 0. The van der Waals surface area contributed by atoms with Crippen LogP contribution >= 0.6 is 0 Å². The minimum atomic E-state index is -0.708. The maximum atomic E-state index is 10.3. The molecule has 4 nitrogen and oxygen atoms in total. The highest BCUT2D eigenvalue weighted by atomic mass is 16.2. The Balaban J connectivity index is 3.98. The van der Waals surface area contributed by atoms with Crippen molar-refractivity contribution in [3.8, 4) is 0 Å². The zero-order chi connectivity index (χ0) is 7.44. The Hall–Kier alpha value is -1.06. The fourth-order valence-corrected chi connectivity index (χ4v) is 0.428. The van der Waals surface area contributed by atoms with Crippen molar-refractivity contribution in [2.45, 2.75) is 19.9 Å². The first-order valence-electron chi connectivity index (χ1n) is 2.62. The summed E-state index contributed by atoms with van der Waals surface area (Å²) in [6, 6.07) is -0.861. The molecule has 0 aliphatic carbocycles.